The third kappa shape index (κ3) is 6.06. The van der Waals surface area contributed by atoms with Crippen LogP contribution in [0.3, 0.4) is 0 Å². The summed E-state index contributed by atoms with van der Waals surface area (Å²) in [4.78, 5) is 17.4. The number of nitriles is 1. The average Bonchev–Trinajstić information content (AvgIpc) is 3.65. The lowest BCUT2D eigenvalue weighted by Gasteiger charge is -2.28. The molecule has 9 nitrogen and oxygen atoms in total. The Balaban J connectivity index is 0.000000352. The molecule has 3 saturated heterocycles. The van der Waals surface area contributed by atoms with Crippen LogP contribution < -0.4 is 15.4 Å². The minimum absolute atomic E-state index is 0.0129. The Morgan fingerprint density at radius 2 is 1.91 bits per heavy atom. The van der Waals surface area contributed by atoms with Crippen LogP contribution >= 0.6 is 11.3 Å². The third-order valence-corrected chi connectivity index (χ3v) is 10.4. The lowest BCUT2D eigenvalue weighted by molar-refractivity contribution is -0.140. The summed E-state index contributed by atoms with van der Waals surface area (Å²) < 4.78 is 55.1. The summed E-state index contributed by atoms with van der Waals surface area (Å²) in [6, 6.07) is 7.62. The van der Waals surface area contributed by atoms with Crippen molar-refractivity contribution < 1.29 is 22.6 Å². The summed E-state index contributed by atoms with van der Waals surface area (Å²) >= 11 is 1.17. The molecule has 3 aliphatic heterocycles. The topological polar surface area (TPSA) is 113 Å². The summed E-state index contributed by atoms with van der Waals surface area (Å²) in [5.74, 6) is 1.23. The monoisotopic (exact) mass is 653 g/mol. The maximum atomic E-state index is 14.5. The molecule has 3 fully saturated rings. The first kappa shape index (κ1) is 32.2. The van der Waals surface area contributed by atoms with Crippen LogP contribution in [-0.4, -0.2) is 71.9 Å². The summed E-state index contributed by atoms with van der Waals surface area (Å²) in [6.07, 6.45) is 0.289. The molecule has 0 amide bonds. The molecule has 4 aromatic rings. The minimum atomic E-state index is -4.79. The van der Waals surface area contributed by atoms with E-state index in [2.05, 4.69) is 32.8 Å². The number of nitrogens with zero attached hydrogens (tertiary/aromatic N) is 6. The van der Waals surface area contributed by atoms with Gasteiger partial charge in [0.15, 0.2) is 11.5 Å². The summed E-state index contributed by atoms with van der Waals surface area (Å²) in [5, 5.41) is 10.4. The van der Waals surface area contributed by atoms with Crippen LogP contribution in [0.25, 0.3) is 32.2 Å². The maximum Gasteiger partial charge on any atom is 0.433 e. The van der Waals surface area contributed by atoms with Crippen molar-refractivity contribution in [1.82, 2.24) is 19.9 Å². The third-order valence-electron chi connectivity index (χ3n) is 9.23. The number of pyridine rings is 1. The second-order valence-corrected chi connectivity index (χ2v) is 13.5. The van der Waals surface area contributed by atoms with Gasteiger partial charge in [-0.2, -0.15) is 28.4 Å². The Labute approximate surface area is 270 Å². The fourth-order valence-corrected chi connectivity index (χ4v) is 7.99. The number of alkyl halides is 3. The number of hydrogen-bond donors (Lipinski definition) is 1. The molecule has 1 aromatic carbocycles. The number of nitrogens with two attached hydrogens (primary N) is 1. The molecule has 7 rings (SSSR count). The zero-order chi connectivity index (χ0) is 32.7. The number of halogens is 3. The second-order valence-electron chi connectivity index (χ2n) is 12.4. The van der Waals surface area contributed by atoms with E-state index in [0.717, 1.165) is 17.5 Å². The van der Waals surface area contributed by atoms with E-state index in [1.165, 1.54) is 56.9 Å². The molecule has 6 heterocycles. The van der Waals surface area contributed by atoms with Crippen LogP contribution in [0, 0.1) is 24.2 Å². The van der Waals surface area contributed by atoms with E-state index < -0.39 is 11.9 Å². The second kappa shape index (κ2) is 12.8. The molecule has 3 aromatic heterocycles. The summed E-state index contributed by atoms with van der Waals surface area (Å²) in [5.41, 5.74) is 6.15. The van der Waals surface area contributed by atoms with Gasteiger partial charge < -0.3 is 25.0 Å². The molecule has 3 aliphatic rings. The van der Waals surface area contributed by atoms with Crippen molar-refractivity contribution in [1.29, 1.82) is 5.26 Å². The molecule has 2 N–H and O–H groups in total. The predicted molar refractivity (Wildman–Crippen MR) is 174 cm³/mol. The van der Waals surface area contributed by atoms with Gasteiger partial charge in [0.2, 0.25) is 0 Å². The summed E-state index contributed by atoms with van der Waals surface area (Å²) in [6.45, 7) is 10.3. The molecule has 3 atom stereocenters. The highest BCUT2D eigenvalue weighted by atomic mass is 32.1. The Morgan fingerprint density at radius 3 is 2.63 bits per heavy atom. The largest absolute Gasteiger partial charge is 0.467 e. The molecule has 3 unspecified atom stereocenters. The van der Waals surface area contributed by atoms with Gasteiger partial charge >= 0.3 is 12.2 Å². The number of thiophene rings is 1. The Hall–Kier alpha value is -3.73. The van der Waals surface area contributed by atoms with Crippen molar-refractivity contribution in [3.63, 3.8) is 0 Å². The van der Waals surface area contributed by atoms with E-state index >= 15 is 0 Å². The lowest BCUT2D eigenvalue weighted by Crippen LogP contribution is -2.35. The molecule has 0 radical (unpaired) electrons. The van der Waals surface area contributed by atoms with Gasteiger partial charge in [0, 0.05) is 47.4 Å². The van der Waals surface area contributed by atoms with Crippen molar-refractivity contribution in [2.45, 2.75) is 64.7 Å². The van der Waals surface area contributed by atoms with Crippen LogP contribution in [0.5, 0.6) is 6.01 Å². The molecule has 244 valence electrons. The first-order valence-electron chi connectivity index (χ1n) is 15.6. The van der Waals surface area contributed by atoms with Crippen LogP contribution in [0.4, 0.5) is 24.0 Å². The van der Waals surface area contributed by atoms with E-state index in [1.807, 2.05) is 18.7 Å². The van der Waals surface area contributed by atoms with Crippen molar-refractivity contribution in [2.24, 2.45) is 5.92 Å². The highest BCUT2D eigenvalue weighted by Crippen LogP contribution is 2.45. The Bertz CT molecular complexity index is 1790. The van der Waals surface area contributed by atoms with Crippen LogP contribution in [0.15, 0.2) is 18.2 Å². The standard InChI is InChI=1S/C25H23F3N6O2S.C8H15N/c1-12-4-5-14(18-16(11-29)22(30)37-20(12)18)15-10-17-19(32-21(15)25(26,27)28)23(33-24(31-17)35-3)34-7-9-36-8-6-13(34)2;1-7-5-8-3-2-4-9(8)6-7/h4-5,10,13H,6-9,30H2,1-3H3;7-8H,2-6H2,1H3. The predicted octanol–water partition coefficient (Wildman–Crippen LogP) is 6.80. The molecule has 0 spiro atoms. The SMILES string of the molecule is CC1CC2CCCN2C1.COc1nc(N2CCOCCC2C)c2nc(C(F)(F)F)c(-c3ccc(C)c4sc(N)c(C#N)c34)cc2n1. The number of benzene rings is 1. The number of ether oxygens (including phenoxy) is 2. The van der Waals surface area contributed by atoms with Gasteiger partial charge in [-0.05, 0) is 69.2 Å². The average molecular weight is 654 g/mol. The van der Waals surface area contributed by atoms with E-state index in [-0.39, 0.29) is 50.6 Å². The number of anilines is 2. The highest BCUT2D eigenvalue weighted by molar-refractivity contribution is 7.23. The van der Waals surface area contributed by atoms with Gasteiger partial charge in [-0.15, -0.1) is 11.3 Å². The molecular weight excluding hydrogens is 615 g/mol. The highest BCUT2D eigenvalue weighted by Gasteiger charge is 2.38. The van der Waals surface area contributed by atoms with Gasteiger partial charge in [0.05, 0.1) is 24.8 Å². The number of fused-ring (bicyclic) bond motifs is 3. The molecule has 0 saturated carbocycles. The van der Waals surface area contributed by atoms with E-state index in [4.69, 9.17) is 15.2 Å². The zero-order valence-corrected chi connectivity index (χ0v) is 27.3. The molecule has 0 aliphatic carbocycles. The van der Waals surface area contributed by atoms with Gasteiger partial charge in [-0.1, -0.05) is 19.1 Å². The van der Waals surface area contributed by atoms with Crippen LogP contribution in [0.1, 0.15) is 56.4 Å². The number of rotatable bonds is 3. The number of aryl methyl sites for hydroxylation is 1. The molecule has 46 heavy (non-hydrogen) atoms. The van der Waals surface area contributed by atoms with Gasteiger partial charge in [0.1, 0.15) is 16.6 Å². The number of nitrogen functional groups attached to an aromatic ring is 1. The Kier molecular flexibility index (Phi) is 8.98. The van der Waals surface area contributed by atoms with Gasteiger partial charge in [-0.25, -0.2) is 4.98 Å². The van der Waals surface area contributed by atoms with E-state index in [0.29, 0.717) is 36.3 Å². The van der Waals surface area contributed by atoms with Crippen LogP contribution in [0.2, 0.25) is 0 Å². The van der Waals surface area contributed by atoms with Crippen molar-refractivity contribution in [3.8, 4) is 23.2 Å². The minimum Gasteiger partial charge on any atom is -0.467 e. The maximum absolute atomic E-state index is 14.5. The van der Waals surface area contributed by atoms with E-state index in [9.17, 15) is 18.4 Å². The number of hydrogen-bond acceptors (Lipinski definition) is 10. The van der Waals surface area contributed by atoms with Crippen molar-refractivity contribution in [3.05, 3.63) is 35.0 Å². The molecular formula is C33H38F3N7O2S. The Morgan fingerprint density at radius 1 is 1.11 bits per heavy atom. The first-order chi connectivity index (χ1) is 22.0. The van der Waals surface area contributed by atoms with Crippen LogP contribution in [-0.2, 0) is 10.9 Å². The van der Waals surface area contributed by atoms with Gasteiger partial charge in [-0.3, -0.25) is 0 Å². The summed E-state index contributed by atoms with van der Waals surface area (Å²) in [7, 11) is 1.40. The van der Waals surface area contributed by atoms with E-state index in [1.54, 1.807) is 12.1 Å². The van der Waals surface area contributed by atoms with Crippen molar-refractivity contribution in [2.75, 3.05) is 50.6 Å². The fraction of sp³-hybridized carbons (Fsp3) is 0.515. The molecule has 13 heteroatoms. The quantitative estimate of drug-likeness (QED) is 0.255. The fourth-order valence-electron chi connectivity index (χ4n) is 6.97. The lowest BCUT2D eigenvalue weighted by atomic mass is 9.95. The normalized spacial score (nSPS) is 22.0. The number of aromatic nitrogens is 3. The van der Waals surface area contributed by atoms with Gasteiger partial charge in [0.25, 0.3) is 0 Å². The van der Waals surface area contributed by atoms with Crippen molar-refractivity contribution >= 4 is 43.3 Å². The smallest absolute Gasteiger partial charge is 0.433 e. The number of methoxy groups -OCH3 is 1. The molecule has 0 bridgehead atoms. The first-order valence-corrected chi connectivity index (χ1v) is 16.5. The zero-order valence-electron chi connectivity index (χ0n) is 26.4.